The average molecular weight is 568 g/mol. The van der Waals surface area contributed by atoms with Gasteiger partial charge in [-0.05, 0) is 55.6 Å². The Morgan fingerprint density at radius 2 is 1.83 bits per heavy atom. The molecule has 9 nitrogen and oxygen atoms in total. The molecule has 0 aliphatic rings. The number of alkyl halides is 3. The Labute approximate surface area is 236 Å². The predicted octanol–water partition coefficient (Wildman–Crippen LogP) is 7.57. The van der Waals surface area contributed by atoms with Crippen LogP contribution in [0.3, 0.4) is 0 Å². The minimum absolute atomic E-state index is 0.0498. The van der Waals surface area contributed by atoms with E-state index in [1.54, 1.807) is 50.4 Å². The van der Waals surface area contributed by atoms with Crippen molar-refractivity contribution in [1.82, 2.24) is 25.0 Å². The number of hydrogen-bond donors (Lipinski definition) is 1. The van der Waals surface area contributed by atoms with E-state index in [2.05, 4.69) is 37.3 Å². The van der Waals surface area contributed by atoms with Crippen molar-refractivity contribution >= 4 is 24.0 Å². The number of oxazole rings is 1. The van der Waals surface area contributed by atoms with Crippen LogP contribution in [-0.4, -0.2) is 37.6 Å². The molecule has 0 unspecified atom stereocenters. The van der Waals surface area contributed by atoms with E-state index in [0.29, 0.717) is 33.0 Å². The lowest BCUT2D eigenvalue weighted by atomic mass is 10.1. The Morgan fingerprint density at radius 3 is 2.41 bits per heavy atom. The second-order valence-corrected chi connectivity index (χ2v) is 7.75. The number of benzene rings is 1. The Morgan fingerprint density at radius 1 is 1.10 bits per heavy atom. The molecule has 4 aromatic rings. The highest BCUT2D eigenvalue weighted by molar-refractivity contribution is 6.04. The third-order valence-electron chi connectivity index (χ3n) is 5.08. The molecular formula is C29H32F3N7O2. The number of nitrogens with one attached hydrogen (secondary N) is 1. The molecule has 3 aromatic heterocycles. The maximum absolute atomic E-state index is 13.7. The van der Waals surface area contributed by atoms with Crippen LogP contribution < -0.4 is 5.32 Å². The van der Waals surface area contributed by atoms with Crippen LogP contribution in [-0.2, 0) is 6.18 Å². The first kappa shape index (κ1) is 32.3. The van der Waals surface area contributed by atoms with Crippen molar-refractivity contribution in [2.75, 3.05) is 5.32 Å². The molecule has 0 atom stereocenters. The summed E-state index contributed by atoms with van der Waals surface area (Å²) in [7, 11) is 0. The molecule has 1 aromatic carbocycles. The zero-order chi connectivity index (χ0) is 30.6. The van der Waals surface area contributed by atoms with Crippen molar-refractivity contribution in [3.63, 3.8) is 0 Å². The summed E-state index contributed by atoms with van der Waals surface area (Å²) in [5, 5.41) is 14.3. The highest BCUT2D eigenvalue weighted by Crippen LogP contribution is 2.32. The van der Waals surface area contributed by atoms with E-state index in [-0.39, 0.29) is 17.3 Å². The first-order valence-corrected chi connectivity index (χ1v) is 12.8. The molecule has 1 N–H and O–H groups in total. The number of carbonyl (C=O) groups excluding carboxylic acids is 1. The molecule has 216 valence electrons. The second kappa shape index (κ2) is 15.1. The van der Waals surface area contributed by atoms with Gasteiger partial charge in [0.15, 0.2) is 29.0 Å². The summed E-state index contributed by atoms with van der Waals surface area (Å²) in [6.45, 7) is 14.6. The third-order valence-corrected chi connectivity index (χ3v) is 5.08. The van der Waals surface area contributed by atoms with Crippen molar-refractivity contribution in [2.45, 2.75) is 47.7 Å². The lowest BCUT2D eigenvalue weighted by molar-refractivity contribution is -0.142. The summed E-state index contributed by atoms with van der Waals surface area (Å²) in [5.74, 6) is 0.393. The van der Waals surface area contributed by atoms with Crippen molar-refractivity contribution in [3.8, 4) is 17.1 Å². The van der Waals surface area contributed by atoms with Crippen molar-refractivity contribution in [1.29, 1.82) is 0 Å². The zero-order valence-electron chi connectivity index (χ0n) is 23.7. The summed E-state index contributed by atoms with van der Waals surface area (Å²) in [4.78, 5) is 20.3. The number of allylic oxidation sites excluding steroid dienone is 3. The van der Waals surface area contributed by atoms with E-state index in [9.17, 15) is 18.0 Å². The lowest BCUT2D eigenvalue weighted by Crippen LogP contribution is -2.16. The molecule has 4 rings (SSSR count). The topological polar surface area (TPSA) is 111 Å². The van der Waals surface area contributed by atoms with Gasteiger partial charge in [0.05, 0.1) is 11.9 Å². The minimum atomic E-state index is -4.69. The van der Waals surface area contributed by atoms with Gasteiger partial charge in [-0.1, -0.05) is 45.9 Å². The maximum atomic E-state index is 13.7. The van der Waals surface area contributed by atoms with Crippen molar-refractivity contribution in [2.24, 2.45) is 4.99 Å². The normalized spacial score (nSPS) is 11.3. The van der Waals surface area contributed by atoms with E-state index >= 15 is 0 Å². The van der Waals surface area contributed by atoms with Gasteiger partial charge in [-0.3, -0.25) is 9.79 Å². The second-order valence-electron chi connectivity index (χ2n) is 7.75. The average Bonchev–Trinajstić information content (AvgIpc) is 3.63. The van der Waals surface area contributed by atoms with E-state index < -0.39 is 17.8 Å². The molecule has 0 aliphatic carbocycles. The molecule has 0 spiro atoms. The molecule has 3 heterocycles. The van der Waals surface area contributed by atoms with Crippen molar-refractivity contribution in [3.05, 3.63) is 89.9 Å². The number of hydrogen-bond acceptors (Lipinski definition) is 7. The summed E-state index contributed by atoms with van der Waals surface area (Å²) in [6.07, 6.45) is 1.36. The predicted molar refractivity (Wildman–Crippen MR) is 154 cm³/mol. The lowest BCUT2D eigenvalue weighted by Gasteiger charge is -2.09. The van der Waals surface area contributed by atoms with Gasteiger partial charge in [-0.2, -0.15) is 18.3 Å². The fraction of sp³-hybridized carbons (Fsp3) is 0.241. The molecule has 0 radical (unpaired) electrons. The number of aliphatic imine (C=N–C) groups is 1. The first-order valence-electron chi connectivity index (χ1n) is 12.8. The number of halogens is 3. The molecule has 41 heavy (non-hydrogen) atoms. The van der Waals surface area contributed by atoms with Crippen molar-refractivity contribution < 1.29 is 22.4 Å². The van der Waals surface area contributed by atoms with Gasteiger partial charge in [0.2, 0.25) is 0 Å². The largest absolute Gasteiger partial charge is 0.441 e. The number of aromatic nitrogens is 5. The third kappa shape index (κ3) is 8.56. The number of carbonyl (C=O) groups is 1. The van der Waals surface area contributed by atoms with Crippen LogP contribution in [0, 0.1) is 6.92 Å². The summed E-state index contributed by atoms with van der Waals surface area (Å²) in [6, 6.07) is 10.2. The minimum Gasteiger partial charge on any atom is -0.441 e. The summed E-state index contributed by atoms with van der Waals surface area (Å²) < 4.78 is 47.2. The molecule has 0 fully saturated rings. The smallest absolute Gasteiger partial charge is 0.433 e. The van der Waals surface area contributed by atoms with E-state index in [1.807, 2.05) is 27.7 Å². The molecular weight excluding hydrogens is 535 g/mol. The quantitative estimate of drug-likeness (QED) is 0.182. The van der Waals surface area contributed by atoms with Crippen LogP contribution in [0.2, 0.25) is 0 Å². The first-order chi connectivity index (χ1) is 19.7. The molecule has 0 aliphatic heterocycles. The maximum Gasteiger partial charge on any atom is 0.433 e. The van der Waals surface area contributed by atoms with Crippen LogP contribution in [0.15, 0.2) is 76.4 Å². The van der Waals surface area contributed by atoms with E-state index in [1.165, 1.54) is 24.4 Å². The van der Waals surface area contributed by atoms with Gasteiger partial charge < -0.3 is 9.73 Å². The van der Waals surface area contributed by atoms with Gasteiger partial charge in [-0.25, -0.2) is 9.67 Å². The molecule has 0 bridgehead atoms. The van der Waals surface area contributed by atoms with Crippen LogP contribution >= 0.6 is 0 Å². The Kier molecular flexibility index (Phi) is 11.9. The SMILES string of the molecule is C=N/C=C\C=C(/C)c1cc(C(F)(F)F)n(-c2ccc(NC(=O)c3cccc(-c4cnc(C)o4)c3)nn2)n1.CC.CC. The fourth-order valence-electron chi connectivity index (χ4n) is 3.29. The summed E-state index contributed by atoms with van der Waals surface area (Å²) >= 11 is 0. The van der Waals surface area contributed by atoms with Crippen LogP contribution in [0.5, 0.6) is 0 Å². The summed E-state index contributed by atoms with van der Waals surface area (Å²) in [5.41, 5.74) is 0.526. The van der Waals surface area contributed by atoms with Gasteiger partial charge in [0.25, 0.3) is 5.91 Å². The van der Waals surface area contributed by atoms with E-state index in [4.69, 9.17) is 4.42 Å². The number of aryl methyl sites for hydroxylation is 1. The molecule has 0 saturated heterocycles. The number of nitrogens with zero attached hydrogens (tertiary/aromatic N) is 6. The highest BCUT2D eigenvalue weighted by Gasteiger charge is 2.37. The standard InChI is InChI=1S/C25H20F3N7O2.2C2H6/c1-15(6-5-11-29-3)19-13-21(25(26,27)28)35(34-19)23-10-9-22(32-33-23)31-24(36)18-8-4-7-17(12-18)20-14-30-16(2)37-20;2*1-2/h4-14H,3H2,1-2H3,(H,31,32,36);2*1-2H3/b11-5-,15-6+;;. The molecule has 12 heteroatoms. The van der Waals surface area contributed by atoms with Gasteiger partial charge in [0.1, 0.15) is 0 Å². The number of rotatable bonds is 7. The monoisotopic (exact) mass is 567 g/mol. The Bertz CT molecular complexity index is 1500. The van der Waals surface area contributed by atoms with E-state index in [0.717, 1.165) is 6.07 Å². The Balaban J connectivity index is 0.00000141. The zero-order valence-corrected chi connectivity index (χ0v) is 23.7. The van der Waals surface area contributed by atoms with Gasteiger partial charge in [0, 0.05) is 24.3 Å². The number of anilines is 1. The van der Waals surface area contributed by atoms with Crippen LogP contribution in [0.4, 0.5) is 19.0 Å². The molecule has 1 amide bonds. The molecule has 0 saturated carbocycles. The number of amides is 1. The van der Waals surface area contributed by atoms with Crippen LogP contribution in [0.1, 0.15) is 62.3 Å². The van der Waals surface area contributed by atoms with Crippen LogP contribution in [0.25, 0.3) is 22.7 Å². The van der Waals surface area contributed by atoms with Gasteiger partial charge in [-0.15, -0.1) is 10.2 Å². The Hall–Kier alpha value is -4.87. The van der Waals surface area contributed by atoms with Gasteiger partial charge >= 0.3 is 6.18 Å². The highest BCUT2D eigenvalue weighted by atomic mass is 19.4. The fourth-order valence-corrected chi connectivity index (χ4v) is 3.29.